The number of piperazine rings is 1. The Morgan fingerprint density at radius 2 is 1.54 bits per heavy atom. The SMILES string of the molecule is Oc1cc2c(cc1CN1CCN(Cc3cccc(C(F)(F)F)c3)CC1)OCO2. The van der Waals surface area contributed by atoms with Gasteiger partial charge >= 0.3 is 6.18 Å². The zero-order valence-electron chi connectivity index (χ0n) is 15.2. The van der Waals surface area contributed by atoms with Crippen molar-refractivity contribution in [3.63, 3.8) is 0 Å². The second-order valence-electron chi connectivity index (χ2n) is 7.08. The van der Waals surface area contributed by atoms with Crippen molar-refractivity contribution in [2.24, 2.45) is 0 Å². The molecule has 0 unspecified atom stereocenters. The molecule has 2 aliphatic heterocycles. The summed E-state index contributed by atoms with van der Waals surface area (Å²) in [6.45, 7) is 4.28. The number of phenolic OH excluding ortho intramolecular Hbond substituents is 1. The number of ether oxygens (including phenoxy) is 2. The zero-order valence-corrected chi connectivity index (χ0v) is 15.2. The summed E-state index contributed by atoms with van der Waals surface area (Å²) in [6, 6.07) is 8.87. The van der Waals surface area contributed by atoms with E-state index in [0.29, 0.717) is 30.2 Å². The van der Waals surface area contributed by atoms with Crippen LogP contribution in [0.1, 0.15) is 16.7 Å². The molecule has 0 amide bonds. The lowest BCUT2D eigenvalue weighted by Crippen LogP contribution is -2.45. The minimum atomic E-state index is -4.32. The van der Waals surface area contributed by atoms with E-state index in [1.165, 1.54) is 12.1 Å². The van der Waals surface area contributed by atoms with Crippen LogP contribution >= 0.6 is 0 Å². The van der Waals surface area contributed by atoms with E-state index >= 15 is 0 Å². The predicted molar refractivity (Wildman–Crippen MR) is 96.2 cm³/mol. The van der Waals surface area contributed by atoms with Crippen molar-refractivity contribution in [3.8, 4) is 17.2 Å². The highest BCUT2D eigenvalue weighted by molar-refractivity contribution is 5.51. The third kappa shape index (κ3) is 4.18. The van der Waals surface area contributed by atoms with Gasteiger partial charge in [-0.1, -0.05) is 18.2 Å². The van der Waals surface area contributed by atoms with Gasteiger partial charge in [0, 0.05) is 50.9 Å². The molecule has 0 aliphatic carbocycles. The molecule has 2 aliphatic rings. The lowest BCUT2D eigenvalue weighted by atomic mass is 10.1. The summed E-state index contributed by atoms with van der Waals surface area (Å²) >= 11 is 0. The Bertz CT molecular complexity index is 849. The number of fused-ring (bicyclic) bond motifs is 1. The van der Waals surface area contributed by atoms with Gasteiger partial charge in [-0.3, -0.25) is 9.80 Å². The van der Waals surface area contributed by atoms with Gasteiger partial charge in [0.2, 0.25) is 6.79 Å². The maximum absolute atomic E-state index is 12.9. The maximum atomic E-state index is 12.9. The van der Waals surface area contributed by atoms with E-state index in [4.69, 9.17) is 9.47 Å². The van der Waals surface area contributed by atoms with Crippen molar-refractivity contribution < 1.29 is 27.8 Å². The smallest absolute Gasteiger partial charge is 0.416 e. The molecule has 1 fully saturated rings. The molecule has 4 rings (SSSR count). The van der Waals surface area contributed by atoms with Crippen LogP contribution in [0.5, 0.6) is 17.2 Å². The molecule has 28 heavy (non-hydrogen) atoms. The van der Waals surface area contributed by atoms with Gasteiger partial charge in [-0.2, -0.15) is 13.2 Å². The summed E-state index contributed by atoms with van der Waals surface area (Å²) in [6.07, 6.45) is -4.32. The van der Waals surface area contributed by atoms with Gasteiger partial charge in [-0.05, 0) is 17.7 Å². The molecule has 1 saturated heterocycles. The van der Waals surface area contributed by atoms with Crippen LogP contribution in [0.4, 0.5) is 13.2 Å². The van der Waals surface area contributed by atoms with Crippen molar-refractivity contribution in [3.05, 3.63) is 53.1 Å². The van der Waals surface area contributed by atoms with Gasteiger partial charge < -0.3 is 14.6 Å². The second-order valence-corrected chi connectivity index (χ2v) is 7.08. The molecule has 0 bridgehead atoms. The first-order chi connectivity index (χ1) is 13.4. The molecule has 8 heteroatoms. The summed E-state index contributed by atoms with van der Waals surface area (Å²) in [5.41, 5.74) is 0.828. The molecule has 0 saturated carbocycles. The number of hydrogen-bond acceptors (Lipinski definition) is 5. The molecular weight excluding hydrogens is 373 g/mol. The van der Waals surface area contributed by atoms with Gasteiger partial charge in [0.1, 0.15) is 5.75 Å². The molecule has 0 aromatic heterocycles. The molecule has 0 spiro atoms. The summed E-state index contributed by atoms with van der Waals surface area (Å²) in [5.74, 6) is 1.36. The normalized spacial score (nSPS) is 17.8. The Morgan fingerprint density at radius 3 is 2.21 bits per heavy atom. The molecular formula is C20H21F3N2O3. The number of rotatable bonds is 4. The van der Waals surface area contributed by atoms with Crippen LogP contribution in [0.3, 0.4) is 0 Å². The van der Waals surface area contributed by atoms with Crippen LogP contribution in [0.25, 0.3) is 0 Å². The molecule has 1 N–H and O–H groups in total. The summed E-state index contributed by atoms with van der Waals surface area (Å²) in [4.78, 5) is 4.35. The van der Waals surface area contributed by atoms with Crippen molar-refractivity contribution in [2.45, 2.75) is 19.3 Å². The molecule has 150 valence electrons. The maximum Gasteiger partial charge on any atom is 0.416 e. The molecule has 2 aromatic rings. The Hall–Kier alpha value is -2.45. The number of aromatic hydroxyl groups is 1. The fourth-order valence-corrected chi connectivity index (χ4v) is 3.55. The van der Waals surface area contributed by atoms with E-state index in [0.717, 1.165) is 37.8 Å². The Kier molecular flexibility index (Phi) is 5.07. The van der Waals surface area contributed by atoms with Gasteiger partial charge in [0.25, 0.3) is 0 Å². The summed E-state index contributed by atoms with van der Waals surface area (Å²) < 4.78 is 49.2. The van der Waals surface area contributed by atoms with Crippen LogP contribution in [0.2, 0.25) is 0 Å². The highest BCUT2D eigenvalue weighted by Crippen LogP contribution is 2.38. The van der Waals surface area contributed by atoms with Crippen molar-refractivity contribution in [1.82, 2.24) is 9.80 Å². The largest absolute Gasteiger partial charge is 0.507 e. The van der Waals surface area contributed by atoms with Gasteiger partial charge in [0.15, 0.2) is 11.5 Å². The van der Waals surface area contributed by atoms with E-state index < -0.39 is 11.7 Å². The van der Waals surface area contributed by atoms with E-state index in [-0.39, 0.29) is 12.5 Å². The lowest BCUT2D eigenvalue weighted by molar-refractivity contribution is -0.137. The van der Waals surface area contributed by atoms with E-state index in [1.54, 1.807) is 18.2 Å². The van der Waals surface area contributed by atoms with Crippen molar-refractivity contribution >= 4 is 0 Å². The Labute approximate surface area is 160 Å². The van der Waals surface area contributed by atoms with Gasteiger partial charge in [-0.25, -0.2) is 0 Å². The molecule has 5 nitrogen and oxygen atoms in total. The quantitative estimate of drug-likeness (QED) is 0.861. The van der Waals surface area contributed by atoms with Crippen LogP contribution in [0.15, 0.2) is 36.4 Å². The fraction of sp³-hybridized carbons (Fsp3) is 0.400. The van der Waals surface area contributed by atoms with E-state index in [2.05, 4.69) is 9.80 Å². The van der Waals surface area contributed by atoms with Crippen molar-refractivity contribution in [1.29, 1.82) is 0 Å². The lowest BCUT2D eigenvalue weighted by Gasteiger charge is -2.35. The summed E-state index contributed by atoms with van der Waals surface area (Å²) in [5, 5.41) is 10.2. The topological polar surface area (TPSA) is 45.2 Å². The second kappa shape index (κ2) is 7.52. The van der Waals surface area contributed by atoms with E-state index in [1.807, 2.05) is 0 Å². The molecule has 2 heterocycles. The number of phenols is 1. The van der Waals surface area contributed by atoms with Crippen molar-refractivity contribution in [2.75, 3.05) is 33.0 Å². The fourth-order valence-electron chi connectivity index (χ4n) is 3.55. The first-order valence-corrected chi connectivity index (χ1v) is 9.11. The van der Waals surface area contributed by atoms with Crippen LogP contribution < -0.4 is 9.47 Å². The first-order valence-electron chi connectivity index (χ1n) is 9.11. The standard InChI is InChI=1S/C20H21F3N2O3/c21-20(22,23)16-3-1-2-14(8-16)11-24-4-6-25(7-5-24)12-15-9-18-19(10-17(15)26)28-13-27-18/h1-3,8-10,26H,4-7,11-13H2. The number of nitrogens with zero attached hydrogens (tertiary/aromatic N) is 2. The average Bonchev–Trinajstić information content (AvgIpc) is 3.10. The monoisotopic (exact) mass is 394 g/mol. The van der Waals surface area contributed by atoms with Gasteiger partial charge in [-0.15, -0.1) is 0 Å². The Morgan fingerprint density at radius 1 is 0.893 bits per heavy atom. The van der Waals surface area contributed by atoms with E-state index in [9.17, 15) is 18.3 Å². The molecule has 2 aromatic carbocycles. The van der Waals surface area contributed by atoms with Crippen LogP contribution in [-0.4, -0.2) is 47.9 Å². The highest BCUT2D eigenvalue weighted by atomic mass is 19.4. The van der Waals surface area contributed by atoms with Crippen LogP contribution in [0, 0.1) is 0 Å². The molecule has 0 radical (unpaired) electrons. The Balaban J connectivity index is 1.33. The minimum absolute atomic E-state index is 0.159. The first kappa shape index (κ1) is 18.9. The van der Waals surface area contributed by atoms with Gasteiger partial charge in [0.05, 0.1) is 5.56 Å². The highest BCUT2D eigenvalue weighted by Gasteiger charge is 2.30. The third-order valence-corrected chi connectivity index (χ3v) is 5.09. The average molecular weight is 394 g/mol. The third-order valence-electron chi connectivity index (χ3n) is 5.09. The number of benzene rings is 2. The zero-order chi connectivity index (χ0) is 19.7. The minimum Gasteiger partial charge on any atom is -0.507 e. The summed E-state index contributed by atoms with van der Waals surface area (Å²) in [7, 11) is 0. The number of alkyl halides is 3. The number of hydrogen-bond donors (Lipinski definition) is 1. The molecule has 0 atom stereocenters. The predicted octanol–water partition coefficient (Wildman–Crippen LogP) is 3.46. The van der Waals surface area contributed by atoms with Crippen LogP contribution in [-0.2, 0) is 19.3 Å². The number of halogens is 3.